The summed E-state index contributed by atoms with van der Waals surface area (Å²) in [6.07, 6.45) is -9.23. The van der Waals surface area contributed by atoms with Crippen LogP contribution >= 0.6 is 11.6 Å². The summed E-state index contributed by atoms with van der Waals surface area (Å²) in [6, 6.07) is 9.52. The second kappa shape index (κ2) is 7.90. The van der Waals surface area contributed by atoms with E-state index in [-0.39, 0.29) is 16.4 Å². The highest BCUT2D eigenvalue weighted by atomic mass is 35.5. The molecule has 0 bridgehead atoms. The predicted molar refractivity (Wildman–Crippen MR) is 94.7 cm³/mol. The summed E-state index contributed by atoms with van der Waals surface area (Å²) in [4.78, 5) is 12.4. The van der Waals surface area contributed by atoms with Gasteiger partial charge in [0.05, 0.1) is 17.4 Å². The monoisotopic (exact) mass is 449 g/mol. The Morgan fingerprint density at radius 2 is 1.73 bits per heavy atom. The zero-order chi connectivity index (χ0) is 22.1. The summed E-state index contributed by atoms with van der Waals surface area (Å²) >= 11 is 5.81. The van der Waals surface area contributed by atoms with Gasteiger partial charge >= 0.3 is 12.5 Å². The number of alkyl halides is 6. The molecule has 3 aromatic rings. The number of carbonyl (C=O) groups is 1. The zero-order valence-corrected chi connectivity index (χ0v) is 15.3. The van der Waals surface area contributed by atoms with Gasteiger partial charge in [0, 0.05) is 16.8 Å². The Morgan fingerprint density at radius 3 is 2.37 bits per heavy atom. The van der Waals surface area contributed by atoms with Gasteiger partial charge in [0.1, 0.15) is 5.75 Å². The Bertz CT molecular complexity index is 1080. The van der Waals surface area contributed by atoms with Crippen molar-refractivity contribution in [1.82, 2.24) is 9.78 Å². The highest BCUT2D eigenvalue weighted by Gasteiger charge is 2.40. The first-order valence-corrected chi connectivity index (χ1v) is 8.40. The van der Waals surface area contributed by atoms with E-state index < -0.39 is 35.5 Å². The summed E-state index contributed by atoms with van der Waals surface area (Å²) < 4.78 is 82.2. The Labute approximate surface area is 169 Å². The standard InChI is InChI=1S/C18H10ClF6N3O2/c19-10-3-1-5-12(7-10)28-15(17(20,21)22)14(9-26-28)16(29)27-11-4-2-6-13(8-11)30-18(23,24)25/h1-9H,(H,27,29). The van der Waals surface area contributed by atoms with Crippen LogP contribution < -0.4 is 10.1 Å². The lowest BCUT2D eigenvalue weighted by molar-refractivity contribution is -0.274. The first kappa shape index (κ1) is 21.5. The second-order valence-corrected chi connectivity index (χ2v) is 6.26. The van der Waals surface area contributed by atoms with Gasteiger partial charge in [-0.05, 0) is 30.3 Å². The third-order valence-corrected chi connectivity index (χ3v) is 3.90. The maximum absolute atomic E-state index is 13.7. The molecular weight excluding hydrogens is 440 g/mol. The molecule has 3 rings (SSSR count). The number of halogens is 7. The number of anilines is 1. The average Bonchev–Trinajstić information content (AvgIpc) is 3.06. The van der Waals surface area contributed by atoms with Crippen molar-refractivity contribution in [2.24, 2.45) is 0 Å². The van der Waals surface area contributed by atoms with Gasteiger partial charge in [-0.3, -0.25) is 4.79 Å². The van der Waals surface area contributed by atoms with Crippen LogP contribution in [-0.4, -0.2) is 22.1 Å². The quantitative estimate of drug-likeness (QED) is 0.520. The molecule has 0 saturated heterocycles. The van der Waals surface area contributed by atoms with E-state index in [4.69, 9.17) is 11.6 Å². The minimum atomic E-state index is -4.97. The minimum absolute atomic E-state index is 0.0329. The fraction of sp³-hybridized carbons (Fsp3) is 0.111. The molecule has 1 N–H and O–H groups in total. The van der Waals surface area contributed by atoms with Gasteiger partial charge in [-0.25, -0.2) is 4.68 Å². The van der Waals surface area contributed by atoms with Crippen LogP contribution in [0.3, 0.4) is 0 Å². The molecule has 0 fully saturated rings. The van der Waals surface area contributed by atoms with Gasteiger partial charge in [-0.15, -0.1) is 13.2 Å². The van der Waals surface area contributed by atoms with Crippen molar-refractivity contribution < 1.29 is 35.9 Å². The fourth-order valence-electron chi connectivity index (χ4n) is 2.56. The smallest absolute Gasteiger partial charge is 0.406 e. The molecule has 0 atom stereocenters. The van der Waals surface area contributed by atoms with Crippen molar-refractivity contribution in [3.63, 3.8) is 0 Å². The lowest BCUT2D eigenvalue weighted by atomic mass is 10.2. The first-order chi connectivity index (χ1) is 13.9. The largest absolute Gasteiger partial charge is 0.573 e. The molecule has 0 unspecified atom stereocenters. The van der Waals surface area contributed by atoms with Crippen LogP contribution in [-0.2, 0) is 6.18 Å². The molecule has 0 radical (unpaired) electrons. The lowest BCUT2D eigenvalue weighted by Crippen LogP contribution is -2.21. The van der Waals surface area contributed by atoms with Crippen LogP contribution in [0.5, 0.6) is 5.75 Å². The van der Waals surface area contributed by atoms with Gasteiger partial charge in [0.15, 0.2) is 5.69 Å². The number of aromatic nitrogens is 2. The van der Waals surface area contributed by atoms with Crippen LogP contribution in [0.2, 0.25) is 5.02 Å². The molecule has 0 aliphatic carbocycles. The number of nitrogens with one attached hydrogen (secondary N) is 1. The molecule has 1 heterocycles. The molecule has 2 aromatic carbocycles. The van der Waals surface area contributed by atoms with E-state index in [2.05, 4.69) is 15.2 Å². The van der Waals surface area contributed by atoms with Crippen molar-refractivity contribution >= 4 is 23.2 Å². The van der Waals surface area contributed by atoms with E-state index in [0.717, 1.165) is 18.2 Å². The maximum Gasteiger partial charge on any atom is 0.573 e. The van der Waals surface area contributed by atoms with E-state index in [1.54, 1.807) is 0 Å². The number of hydrogen-bond donors (Lipinski definition) is 1. The number of amides is 1. The molecular formula is C18H10ClF6N3O2. The highest BCUT2D eigenvalue weighted by molar-refractivity contribution is 6.30. The van der Waals surface area contributed by atoms with Crippen LogP contribution in [0.4, 0.5) is 32.0 Å². The summed E-state index contributed by atoms with van der Waals surface area (Å²) in [5.41, 5.74) is -2.44. The SMILES string of the molecule is O=C(Nc1cccc(OC(F)(F)F)c1)c1cnn(-c2cccc(Cl)c2)c1C(F)(F)F. The number of ether oxygens (including phenoxy) is 1. The summed E-state index contributed by atoms with van der Waals surface area (Å²) in [7, 11) is 0. The van der Waals surface area contributed by atoms with Gasteiger partial charge in [-0.2, -0.15) is 18.3 Å². The molecule has 0 aliphatic heterocycles. The average molecular weight is 450 g/mol. The number of nitrogens with zero attached hydrogens (tertiary/aromatic N) is 2. The number of carbonyl (C=O) groups excluding carboxylic acids is 1. The molecule has 0 saturated carbocycles. The molecule has 12 heteroatoms. The van der Waals surface area contributed by atoms with Gasteiger partial charge in [-0.1, -0.05) is 23.7 Å². The van der Waals surface area contributed by atoms with Gasteiger partial charge in [0.25, 0.3) is 5.91 Å². The summed E-state index contributed by atoms with van der Waals surface area (Å²) in [5.74, 6) is -1.87. The summed E-state index contributed by atoms with van der Waals surface area (Å²) in [5, 5.41) is 5.89. The summed E-state index contributed by atoms with van der Waals surface area (Å²) in [6.45, 7) is 0. The Hall–Kier alpha value is -3.21. The molecule has 30 heavy (non-hydrogen) atoms. The second-order valence-electron chi connectivity index (χ2n) is 5.83. The fourth-order valence-corrected chi connectivity index (χ4v) is 2.74. The Morgan fingerprint density at radius 1 is 1.03 bits per heavy atom. The van der Waals surface area contributed by atoms with Gasteiger partial charge in [0.2, 0.25) is 0 Å². The zero-order valence-electron chi connectivity index (χ0n) is 14.6. The number of hydrogen-bond acceptors (Lipinski definition) is 3. The number of rotatable bonds is 4. The van der Waals surface area contributed by atoms with Crippen molar-refractivity contribution in [3.8, 4) is 11.4 Å². The van der Waals surface area contributed by atoms with E-state index in [1.165, 1.54) is 30.3 Å². The third-order valence-electron chi connectivity index (χ3n) is 3.66. The normalized spacial score (nSPS) is 12.0. The third kappa shape index (κ3) is 5.03. The molecule has 1 aromatic heterocycles. The van der Waals surface area contributed by atoms with E-state index in [0.29, 0.717) is 10.9 Å². The van der Waals surface area contributed by atoms with E-state index in [1.807, 2.05) is 0 Å². The van der Waals surface area contributed by atoms with Crippen LogP contribution in [0.1, 0.15) is 16.1 Å². The Balaban J connectivity index is 1.95. The Kier molecular flexibility index (Phi) is 5.66. The topological polar surface area (TPSA) is 56.1 Å². The van der Waals surface area contributed by atoms with Gasteiger partial charge < -0.3 is 10.1 Å². The van der Waals surface area contributed by atoms with E-state index >= 15 is 0 Å². The molecule has 0 spiro atoms. The number of benzene rings is 2. The van der Waals surface area contributed by atoms with Crippen molar-refractivity contribution in [3.05, 3.63) is 71.0 Å². The first-order valence-electron chi connectivity index (χ1n) is 8.02. The highest BCUT2D eigenvalue weighted by Crippen LogP contribution is 2.34. The van der Waals surface area contributed by atoms with E-state index in [9.17, 15) is 31.1 Å². The molecule has 0 aliphatic rings. The molecule has 5 nitrogen and oxygen atoms in total. The predicted octanol–water partition coefficient (Wildman–Crippen LogP) is 5.70. The minimum Gasteiger partial charge on any atom is -0.406 e. The lowest BCUT2D eigenvalue weighted by Gasteiger charge is -2.13. The van der Waals surface area contributed by atoms with Crippen molar-refractivity contribution in [2.75, 3.05) is 5.32 Å². The molecule has 158 valence electrons. The van der Waals surface area contributed by atoms with Crippen LogP contribution in [0.25, 0.3) is 5.69 Å². The van der Waals surface area contributed by atoms with Crippen LogP contribution in [0.15, 0.2) is 54.7 Å². The van der Waals surface area contributed by atoms with Crippen LogP contribution in [0, 0.1) is 0 Å². The maximum atomic E-state index is 13.7. The van der Waals surface area contributed by atoms with Crippen molar-refractivity contribution in [1.29, 1.82) is 0 Å². The van der Waals surface area contributed by atoms with Crippen molar-refractivity contribution in [2.45, 2.75) is 12.5 Å². The molecule has 1 amide bonds.